The van der Waals surface area contributed by atoms with Gasteiger partial charge >= 0.3 is 6.43 Å². The predicted octanol–water partition coefficient (Wildman–Crippen LogP) is 2.25. The van der Waals surface area contributed by atoms with E-state index < -0.39 is 12.2 Å². The number of Topliss-reactive ketones (excluding diaryl/α,β-unsaturated/α-hetero) is 1. The van der Waals surface area contributed by atoms with Crippen molar-refractivity contribution in [2.24, 2.45) is 0 Å². The number of alkyl halides is 2. The maximum atomic E-state index is 11.9. The maximum Gasteiger partial charge on any atom is 0.300 e. The predicted molar refractivity (Wildman–Crippen MR) is 46.4 cm³/mol. The van der Waals surface area contributed by atoms with Crippen molar-refractivity contribution in [3.05, 3.63) is 23.9 Å². The van der Waals surface area contributed by atoms with Gasteiger partial charge in [-0.3, -0.25) is 4.79 Å². The lowest BCUT2D eigenvalue weighted by Crippen LogP contribution is -2.10. The molecule has 0 spiro atoms. The van der Waals surface area contributed by atoms with Crippen LogP contribution < -0.4 is 0 Å². The highest BCUT2D eigenvalue weighted by atomic mass is 32.2. The van der Waals surface area contributed by atoms with Crippen LogP contribution in [0.25, 0.3) is 0 Å². The summed E-state index contributed by atoms with van der Waals surface area (Å²) in [6, 6.07) is 2.90. The molecule has 0 unspecified atom stereocenters. The smallest absolute Gasteiger partial charge is 0.288 e. The zero-order chi connectivity index (χ0) is 9.84. The van der Waals surface area contributed by atoms with Gasteiger partial charge in [-0.2, -0.15) is 0 Å². The fourth-order valence-corrected chi connectivity index (χ4v) is 1.14. The topological polar surface area (TPSA) is 30.0 Å². The minimum atomic E-state index is -2.96. The summed E-state index contributed by atoms with van der Waals surface area (Å²) in [5, 5.41) is 0.700. The second kappa shape index (κ2) is 4.32. The zero-order valence-electron chi connectivity index (χ0n) is 6.83. The summed E-state index contributed by atoms with van der Waals surface area (Å²) in [4.78, 5) is 14.6. The van der Waals surface area contributed by atoms with Crippen LogP contribution in [0.1, 0.15) is 10.4 Å². The van der Waals surface area contributed by atoms with E-state index in [0.717, 1.165) is 0 Å². The third-order valence-corrected chi connectivity index (χ3v) is 2.09. The Labute approximate surface area is 78.4 Å². The molecule has 2 nitrogen and oxygen atoms in total. The fourth-order valence-electron chi connectivity index (χ4n) is 0.773. The lowest BCUT2D eigenvalue weighted by Gasteiger charge is -1.99. The molecule has 0 bridgehead atoms. The molecule has 1 aromatic heterocycles. The van der Waals surface area contributed by atoms with E-state index in [1.807, 2.05) is 6.26 Å². The Morgan fingerprint density at radius 3 is 2.62 bits per heavy atom. The monoisotopic (exact) mass is 203 g/mol. The summed E-state index contributed by atoms with van der Waals surface area (Å²) in [7, 11) is 0. The Balaban J connectivity index is 2.86. The van der Waals surface area contributed by atoms with E-state index in [2.05, 4.69) is 4.98 Å². The van der Waals surface area contributed by atoms with Crippen LogP contribution in [0.4, 0.5) is 8.78 Å². The number of halogens is 2. The number of pyridine rings is 1. The average molecular weight is 203 g/mol. The van der Waals surface area contributed by atoms with Crippen molar-refractivity contribution in [1.82, 2.24) is 4.98 Å². The van der Waals surface area contributed by atoms with Crippen LogP contribution in [-0.2, 0) is 0 Å². The number of ketones is 1. The number of carbonyl (C=O) groups excluding carboxylic acids is 1. The molecule has 0 radical (unpaired) electrons. The van der Waals surface area contributed by atoms with Crippen LogP contribution in [0, 0.1) is 0 Å². The molecule has 0 saturated heterocycles. The van der Waals surface area contributed by atoms with E-state index in [9.17, 15) is 13.6 Å². The highest BCUT2D eigenvalue weighted by molar-refractivity contribution is 7.98. The van der Waals surface area contributed by atoms with Crippen LogP contribution in [0.2, 0.25) is 0 Å². The molecule has 0 atom stereocenters. The number of thioether (sulfide) groups is 1. The number of hydrogen-bond acceptors (Lipinski definition) is 3. The highest BCUT2D eigenvalue weighted by Gasteiger charge is 2.17. The van der Waals surface area contributed by atoms with Gasteiger partial charge < -0.3 is 0 Å². The van der Waals surface area contributed by atoms with Crippen LogP contribution in [0.5, 0.6) is 0 Å². The first kappa shape index (κ1) is 10.1. The summed E-state index contributed by atoms with van der Waals surface area (Å²) in [5.74, 6) is -1.18. The van der Waals surface area contributed by atoms with Crippen molar-refractivity contribution in [2.45, 2.75) is 11.5 Å². The SMILES string of the molecule is CSc1ccc(C(=O)C(F)F)cn1. The normalized spacial score (nSPS) is 10.5. The second-order valence-corrected chi connectivity index (χ2v) is 3.08. The molecule has 1 aromatic rings. The number of rotatable bonds is 3. The minimum absolute atomic E-state index is 0.0483. The maximum absolute atomic E-state index is 11.9. The van der Waals surface area contributed by atoms with E-state index in [1.54, 1.807) is 6.07 Å². The molecule has 0 N–H and O–H groups in total. The van der Waals surface area contributed by atoms with Crippen molar-refractivity contribution in [3.8, 4) is 0 Å². The van der Waals surface area contributed by atoms with Crippen molar-refractivity contribution < 1.29 is 13.6 Å². The molecule has 0 aliphatic heterocycles. The Morgan fingerprint density at radius 1 is 1.54 bits per heavy atom. The second-order valence-electron chi connectivity index (χ2n) is 2.25. The summed E-state index contributed by atoms with van der Waals surface area (Å²) < 4.78 is 23.8. The number of hydrogen-bond donors (Lipinski definition) is 0. The van der Waals surface area contributed by atoms with Gasteiger partial charge in [-0.25, -0.2) is 13.8 Å². The molecular weight excluding hydrogens is 196 g/mol. The largest absolute Gasteiger partial charge is 0.300 e. The van der Waals surface area contributed by atoms with Gasteiger partial charge in [0.25, 0.3) is 0 Å². The molecule has 0 aliphatic rings. The van der Waals surface area contributed by atoms with Gasteiger partial charge in [0.1, 0.15) is 0 Å². The number of aromatic nitrogens is 1. The number of carbonyl (C=O) groups is 1. The first-order valence-corrected chi connectivity index (χ1v) is 4.70. The molecular formula is C8H7F2NOS. The average Bonchev–Trinajstić information content (AvgIpc) is 2.17. The van der Waals surface area contributed by atoms with E-state index >= 15 is 0 Å². The molecule has 5 heteroatoms. The third kappa shape index (κ3) is 2.48. The molecule has 0 aromatic carbocycles. The zero-order valence-corrected chi connectivity index (χ0v) is 7.65. The van der Waals surface area contributed by atoms with Gasteiger partial charge in [0, 0.05) is 11.8 Å². The van der Waals surface area contributed by atoms with Crippen molar-refractivity contribution in [1.29, 1.82) is 0 Å². The first-order chi connectivity index (χ1) is 6.15. The Morgan fingerprint density at radius 2 is 2.23 bits per heavy atom. The van der Waals surface area contributed by atoms with Gasteiger partial charge in [-0.1, -0.05) is 0 Å². The van der Waals surface area contributed by atoms with E-state index in [-0.39, 0.29) is 5.56 Å². The van der Waals surface area contributed by atoms with Crippen LogP contribution in [-0.4, -0.2) is 23.4 Å². The molecule has 0 aliphatic carbocycles. The van der Waals surface area contributed by atoms with Crippen molar-refractivity contribution in [3.63, 3.8) is 0 Å². The van der Waals surface area contributed by atoms with Gasteiger partial charge in [0.05, 0.1) is 5.03 Å². The molecule has 13 heavy (non-hydrogen) atoms. The Kier molecular flexibility index (Phi) is 3.36. The molecule has 1 rings (SSSR count). The van der Waals surface area contributed by atoms with E-state index in [0.29, 0.717) is 5.03 Å². The molecule has 0 amide bonds. The Bertz CT molecular complexity index is 300. The van der Waals surface area contributed by atoms with Crippen molar-refractivity contribution in [2.75, 3.05) is 6.26 Å². The molecule has 70 valence electrons. The van der Waals surface area contributed by atoms with Gasteiger partial charge in [0.2, 0.25) is 5.78 Å². The minimum Gasteiger partial charge on any atom is -0.288 e. The van der Waals surface area contributed by atoms with Crippen LogP contribution in [0.15, 0.2) is 23.4 Å². The summed E-state index contributed by atoms with van der Waals surface area (Å²) in [6.45, 7) is 0. The van der Waals surface area contributed by atoms with Gasteiger partial charge in [0.15, 0.2) is 0 Å². The third-order valence-electron chi connectivity index (χ3n) is 1.43. The van der Waals surface area contributed by atoms with Gasteiger partial charge in [-0.05, 0) is 18.4 Å². The molecule has 0 saturated carbocycles. The van der Waals surface area contributed by atoms with Crippen molar-refractivity contribution >= 4 is 17.5 Å². The van der Waals surface area contributed by atoms with Crippen LogP contribution >= 0.6 is 11.8 Å². The lowest BCUT2D eigenvalue weighted by atomic mass is 10.2. The Hall–Kier alpha value is -0.970. The highest BCUT2D eigenvalue weighted by Crippen LogP contribution is 2.13. The van der Waals surface area contributed by atoms with E-state index in [1.165, 1.54) is 24.0 Å². The first-order valence-electron chi connectivity index (χ1n) is 3.47. The summed E-state index contributed by atoms with van der Waals surface area (Å²) in [6.07, 6.45) is 0.0269. The standard InChI is InChI=1S/C8H7F2NOS/c1-13-6-3-2-5(4-11-6)7(12)8(9)10/h2-4,8H,1H3. The van der Waals surface area contributed by atoms with Gasteiger partial charge in [-0.15, -0.1) is 11.8 Å². The number of nitrogens with zero attached hydrogens (tertiary/aromatic N) is 1. The molecule has 1 heterocycles. The fraction of sp³-hybridized carbons (Fsp3) is 0.250. The lowest BCUT2D eigenvalue weighted by molar-refractivity contribution is 0.0678. The van der Waals surface area contributed by atoms with E-state index in [4.69, 9.17) is 0 Å². The quantitative estimate of drug-likeness (QED) is 0.557. The van der Waals surface area contributed by atoms with Crippen LogP contribution in [0.3, 0.4) is 0 Å². The molecule has 0 fully saturated rings. The summed E-state index contributed by atoms with van der Waals surface area (Å²) >= 11 is 1.39. The summed E-state index contributed by atoms with van der Waals surface area (Å²) in [5.41, 5.74) is -0.0483.